The lowest BCUT2D eigenvalue weighted by atomic mass is 9.93. The Balaban J connectivity index is 0.990. The lowest BCUT2D eigenvalue weighted by Crippen LogP contribution is -2.62. The van der Waals surface area contributed by atoms with Gasteiger partial charge in [-0.2, -0.15) is 0 Å². The van der Waals surface area contributed by atoms with Crippen molar-refractivity contribution in [2.24, 2.45) is 29.2 Å². The molecule has 1 aromatic heterocycles. The van der Waals surface area contributed by atoms with E-state index in [1.165, 1.54) is 19.1 Å². The van der Waals surface area contributed by atoms with Gasteiger partial charge in [0.05, 0.1) is 67.0 Å². The number of aliphatic hydroxyl groups is 3. The Hall–Kier alpha value is -11.1. The largest absolute Gasteiger partial charge is 0.494 e. The number of aromatic nitrogens is 1. The van der Waals surface area contributed by atoms with Gasteiger partial charge in [0.2, 0.25) is 70.9 Å². The molecular weight excluding hydrogens is 1510 g/mol. The number of nitrogens with two attached hydrogens (primary N) is 2. The van der Waals surface area contributed by atoms with Crippen LogP contribution in [0.1, 0.15) is 129 Å². The van der Waals surface area contributed by atoms with Gasteiger partial charge in [0.25, 0.3) is 11.8 Å². The third-order valence-corrected chi connectivity index (χ3v) is 21.2. The Morgan fingerprint density at radius 3 is 2.06 bits per heavy atom. The third kappa shape index (κ3) is 26.8. The molecule has 1 saturated heterocycles. The van der Waals surface area contributed by atoms with Crippen molar-refractivity contribution in [2.45, 2.75) is 197 Å². The van der Waals surface area contributed by atoms with Gasteiger partial charge < -0.3 is 110 Å². The van der Waals surface area contributed by atoms with Gasteiger partial charge in [0.1, 0.15) is 65.7 Å². The maximum absolute atomic E-state index is 15.2. The summed E-state index contributed by atoms with van der Waals surface area (Å²) in [4.78, 5) is 220. The molecule has 4 aliphatic rings. The highest BCUT2D eigenvalue weighted by molar-refractivity contribution is 7.85. The Kier molecular flexibility index (Phi) is 34.6. The summed E-state index contributed by atoms with van der Waals surface area (Å²) in [6.45, 7) is 5.67. The first-order valence-corrected chi connectivity index (χ1v) is 39.3. The van der Waals surface area contributed by atoms with Crippen LogP contribution in [0.25, 0.3) is 10.9 Å². The van der Waals surface area contributed by atoms with Gasteiger partial charge in [-0.1, -0.05) is 72.4 Å². The minimum absolute atomic E-state index is 0.0732. The fraction of sp³-hybridized carbons (Fsp3) is 0.568. The molecule has 4 aliphatic heterocycles. The van der Waals surface area contributed by atoms with Crippen LogP contribution < -0.4 is 80.0 Å². The van der Waals surface area contributed by atoms with Crippen LogP contribution in [0, 0.1) is 17.8 Å². The molecule has 0 radical (unpaired) electrons. The topological polar surface area (TPSA) is 588 Å². The number of imide groups is 1. The lowest BCUT2D eigenvalue weighted by molar-refractivity contribution is -0.144. The highest BCUT2D eigenvalue weighted by Gasteiger charge is 2.46. The van der Waals surface area contributed by atoms with Crippen LogP contribution in [0.15, 0.2) is 59.6 Å². The number of amides is 17. The van der Waals surface area contributed by atoms with Crippen LogP contribution in [-0.2, 0) is 95.7 Å². The van der Waals surface area contributed by atoms with E-state index >= 15 is 4.21 Å². The Bertz CT molecular complexity index is 4050. The molecule has 114 heavy (non-hydrogen) atoms. The zero-order valence-corrected chi connectivity index (χ0v) is 65.0. The van der Waals surface area contributed by atoms with Crippen LogP contribution in [0.2, 0.25) is 0 Å². The van der Waals surface area contributed by atoms with Gasteiger partial charge in [-0.05, 0) is 85.8 Å². The Morgan fingerprint density at radius 2 is 1.39 bits per heavy atom. The van der Waals surface area contributed by atoms with E-state index in [-0.39, 0.29) is 91.3 Å². The van der Waals surface area contributed by atoms with Crippen LogP contribution in [0.3, 0.4) is 0 Å². The standard InChI is InChI=1S/C74H105N17O22S/c1-6-40(4)62-68(105)80-33-57(97)82-52-38-114(111)71-47(31-50(64(101)79-34-58(98)88-62)84-70(107)63(41(5)54(94)36-92)89-67(104)53-29-44(93)35-91(53)72(108)51(32-55(75)95)85-66(52)103)46-22-21-45(30-49(46)86-71)112-28-13-8-7-11-25-78-74(110)113-37-42-17-19-43(20-18-42)81-65(102)48(15-14-26-77-73(76)109)83-69(106)61(39(2)3)87-56(96)16-10-9-12-27-90-59(99)23-24-60(90)100/h17-24,30,39-41,44,48,50-54,61-63,86,92-94H,6-16,25-29,31-38H2,1-5H3,(H2,75,95)(H,78,110)(H,79,101)(H,80,105)(H,81,102)(H,82,97)(H,83,106)(H,84,107)(H,85,103)(H,87,96)(H,88,98)(H,89,104)(H3,76,77,109)/t40-,41-,44+,48-,50-,51-,52-,53-,54-,61-,62-,63-,114?/m0/s1. The van der Waals surface area contributed by atoms with E-state index < -0.39 is 217 Å². The number of primary amides is 2. The number of anilines is 1. The fourth-order valence-corrected chi connectivity index (χ4v) is 14.5. The van der Waals surface area contributed by atoms with Crippen LogP contribution in [0.5, 0.6) is 5.75 Å². The van der Waals surface area contributed by atoms with Crippen molar-refractivity contribution in [1.82, 2.24) is 73.3 Å². The van der Waals surface area contributed by atoms with Gasteiger partial charge in [-0.25, -0.2) is 9.59 Å². The molecule has 39 nitrogen and oxygen atoms in total. The summed E-state index contributed by atoms with van der Waals surface area (Å²) in [6, 6.07) is -2.11. The van der Waals surface area contributed by atoms with Crippen LogP contribution in [-0.4, -0.2) is 248 Å². The maximum Gasteiger partial charge on any atom is 0.407 e. The SMILES string of the molecule is CC[C@H](C)[C@@H]1NC(=O)CNC(=O)[C@@H]2Cc3c([nH]c4cc(OCCCCCCNC(=O)OCc5ccc(NC(=O)[C@H](CCCNC(N)=O)NC(=O)[C@@H](NC(=O)CCCCCN6C(=O)C=CC6=O)C(C)C)cc5)ccc34)S(=O)C[C@H](NC(=O)CNC1=O)C(=O)N[C@@H](CC(N)=O)C(=O)N1C[C@H](O)C[C@H]1C(=O)N[C@@H]([C@@H](C)[C@@H](O)CO)C(=O)N2. The highest BCUT2D eigenvalue weighted by Crippen LogP contribution is 2.31. The Labute approximate surface area is 659 Å². The molecule has 0 aliphatic carbocycles. The first kappa shape index (κ1) is 90.1. The average molecular weight is 1620 g/mol. The van der Waals surface area contributed by atoms with Crippen molar-refractivity contribution in [3.05, 3.63) is 65.7 Å². The summed E-state index contributed by atoms with van der Waals surface area (Å²) in [6.07, 6.45) is 1.26. The number of nitrogens with one attached hydrogen (secondary N) is 13. The van der Waals surface area contributed by atoms with Crippen molar-refractivity contribution in [3.8, 4) is 5.75 Å². The number of H-pyrrole nitrogens is 1. The Morgan fingerprint density at radius 1 is 0.711 bits per heavy atom. The summed E-state index contributed by atoms with van der Waals surface area (Å²) in [5, 5.41) is 62.8. The van der Waals surface area contributed by atoms with Gasteiger partial charge in [0.15, 0.2) is 0 Å². The average Bonchev–Trinajstić information content (AvgIpc) is 1.62. The number of unbranched alkanes of at least 4 members (excludes halogenated alkanes) is 5. The summed E-state index contributed by atoms with van der Waals surface area (Å²) in [5.41, 5.74) is 12.0. The molecular formula is C74H105N17O22S. The number of benzene rings is 2. The number of fused-ring (bicyclic) bond motifs is 5. The predicted octanol–water partition coefficient (Wildman–Crippen LogP) is -3.26. The fourth-order valence-electron chi connectivity index (χ4n) is 13.1. The number of carbonyl (C=O) groups is 16. The summed E-state index contributed by atoms with van der Waals surface area (Å²) in [7, 11) is -2.46. The van der Waals surface area contributed by atoms with Gasteiger partial charge >= 0.3 is 12.1 Å². The molecule has 0 saturated carbocycles. The number of carbonyl (C=O) groups excluding carboxylic acids is 16. The molecule has 3 aromatic rings. The molecule has 1 fully saturated rings. The maximum atomic E-state index is 15.2. The van der Waals surface area contributed by atoms with Crippen molar-refractivity contribution in [3.63, 3.8) is 0 Å². The number of urea groups is 1. The summed E-state index contributed by atoms with van der Waals surface area (Å²) < 4.78 is 26.7. The van der Waals surface area contributed by atoms with Crippen LogP contribution >= 0.6 is 0 Å². The molecule has 17 amide bonds. The zero-order valence-electron chi connectivity index (χ0n) is 64.2. The number of ether oxygens (including phenoxy) is 2. The number of aliphatic hydroxyl groups excluding tert-OH is 3. The molecule has 7 rings (SSSR count). The van der Waals surface area contributed by atoms with Gasteiger partial charge in [-0.3, -0.25) is 76.2 Å². The molecule has 2 bridgehead atoms. The van der Waals surface area contributed by atoms with Crippen molar-refractivity contribution >= 4 is 122 Å². The third-order valence-electron chi connectivity index (χ3n) is 19.8. The molecule has 0 spiro atoms. The van der Waals surface area contributed by atoms with E-state index in [0.717, 1.165) is 9.80 Å². The zero-order chi connectivity index (χ0) is 83.5. The number of rotatable bonds is 33. The second kappa shape index (κ2) is 43.8. The first-order valence-electron chi connectivity index (χ1n) is 38.0. The smallest absolute Gasteiger partial charge is 0.407 e. The summed E-state index contributed by atoms with van der Waals surface area (Å²) >= 11 is 0. The molecule has 624 valence electrons. The molecule has 40 heteroatoms. The molecule has 1 unspecified atom stereocenters. The number of nitrogens with zero attached hydrogens (tertiary/aromatic N) is 2. The van der Waals surface area contributed by atoms with Gasteiger partial charge in [0, 0.05) is 80.7 Å². The van der Waals surface area contributed by atoms with E-state index in [0.29, 0.717) is 68.4 Å². The van der Waals surface area contributed by atoms with E-state index in [4.69, 9.17) is 20.9 Å². The second-order valence-electron chi connectivity index (χ2n) is 28.8. The van der Waals surface area contributed by atoms with Crippen LogP contribution in [0.4, 0.5) is 15.3 Å². The van der Waals surface area contributed by atoms with E-state index in [1.54, 1.807) is 70.2 Å². The number of hydrogen-bond donors (Lipinski definition) is 18. The van der Waals surface area contributed by atoms with E-state index in [1.807, 2.05) is 0 Å². The second-order valence-corrected chi connectivity index (χ2v) is 30.3. The quantitative estimate of drug-likeness (QED) is 0.0210. The normalized spacial score (nSPS) is 22.0. The summed E-state index contributed by atoms with van der Waals surface area (Å²) in [5.74, 6) is -14.7. The van der Waals surface area contributed by atoms with Crippen molar-refractivity contribution in [1.29, 1.82) is 0 Å². The minimum atomic E-state index is -2.46. The van der Waals surface area contributed by atoms with Crippen molar-refractivity contribution < 1.29 is 106 Å². The molecule has 2 aromatic carbocycles. The molecule has 20 N–H and O–H groups in total. The minimum Gasteiger partial charge on any atom is -0.494 e. The first-order chi connectivity index (χ1) is 54.2. The molecule has 13 atom stereocenters. The van der Waals surface area contributed by atoms with E-state index in [9.17, 15) is 92.0 Å². The predicted molar refractivity (Wildman–Crippen MR) is 408 cm³/mol. The van der Waals surface area contributed by atoms with E-state index in [2.05, 4.69) is 68.8 Å². The highest BCUT2D eigenvalue weighted by atomic mass is 32.2. The van der Waals surface area contributed by atoms with Gasteiger partial charge in [-0.15, -0.1) is 0 Å². The number of hydrogen-bond acceptors (Lipinski definition) is 22. The molecule has 5 heterocycles. The monoisotopic (exact) mass is 1620 g/mol. The lowest BCUT2D eigenvalue weighted by Gasteiger charge is -2.32. The number of alkyl carbamates (subject to hydrolysis) is 1. The number of aromatic amines is 1. The van der Waals surface area contributed by atoms with Crippen molar-refractivity contribution in [2.75, 3.05) is 63.6 Å².